The van der Waals surface area contributed by atoms with E-state index in [0.717, 1.165) is 0 Å². The average molecular weight is 157 g/mol. The molecule has 0 aromatic carbocycles. The van der Waals surface area contributed by atoms with Gasteiger partial charge < -0.3 is 4.74 Å². The summed E-state index contributed by atoms with van der Waals surface area (Å²) in [6.07, 6.45) is 0.949. The second-order valence-electron chi connectivity index (χ2n) is 2.11. The highest BCUT2D eigenvalue weighted by molar-refractivity contribution is 5.78. The molecular formula is C8H13O3. The van der Waals surface area contributed by atoms with Gasteiger partial charge in [0, 0.05) is 19.3 Å². The number of carbonyl (C=O) groups excluding carboxylic acids is 2. The number of rotatable bonds is 5. The minimum Gasteiger partial charge on any atom is -0.465 e. The van der Waals surface area contributed by atoms with Crippen molar-refractivity contribution in [3.63, 3.8) is 0 Å². The van der Waals surface area contributed by atoms with E-state index < -0.39 is 0 Å². The van der Waals surface area contributed by atoms with Gasteiger partial charge in [-0.25, -0.2) is 0 Å². The Balaban J connectivity index is 3.27. The molecule has 0 amide bonds. The summed E-state index contributed by atoms with van der Waals surface area (Å²) in [4.78, 5) is 21.2. The Morgan fingerprint density at radius 1 is 1.45 bits per heavy atom. The van der Waals surface area contributed by atoms with Crippen LogP contribution in [0.25, 0.3) is 0 Å². The highest BCUT2D eigenvalue weighted by Gasteiger charge is 2.00. The van der Waals surface area contributed by atoms with E-state index in [-0.39, 0.29) is 24.8 Å². The molecular weight excluding hydrogens is 144 g/mol. The highest BCUT2D eigenvalue weighted by Crippen LogP contribution is 1.91. The first-order valence-electron chi connectivity index (χ1n) is 3.67. The number of hydrogen-bond donors (Lipinski definition) is 0. The van der Waals surface area contributed by atoms with Gasteiger partial charge in [0.15, 0.2) is 0 Å². The van der Waals surface area contributed by atoms with Crippen LogP contribution >= 0.6 is 0 Å². The zero-order chi connectivity index (χ0) is 8.69. The van der Waals surface area contributed by atoms with Crippen LogP contribution in [0.3, 0.4) is 0 Å². The van der Waals surface area contributed by atoms with Crippen molar-refractivity contribution in [1.29, 1.82) is 0 Å². The maximum atomic E-state index is 10.7. The van der Waals surface area contributed by atoms with Crippen molar-refractivity contribution in [2.24, 2.45) is 0 Å². The highest BCUT2D eigenvalue weighted by atomic mass is 16.5. The maximum Gasteiger partial charge on any atom is 0.305 e. The first-order valence-corrected chi connectivity index (χ1v) is 3.67. The second-order valence-corrected chi connectivity index (χ2v) is 2.11. The van der Waals surface area contributed by atoms with Crippen molar-refractivity contribution < 1.29 is 14.3 Å². The van der Waals surface area contributed by atoms with E-state index in [4.69, 9.17) is 0 Å². The van der Waals surface area contributed by atoms with Crippen molar-refractivity contribution in [2.45, 2.75) is 26.2 Å². The molecule has 0 aliphatic carbocycles. The third kappa shape index (κ3) is 5.58. The predicted octanol–water partition coefficient (Wildman–Crippen LogP) is 1.12. The van der Waals surface area contributed by atoms with E-state index >= 15 is 0 Å². The van der Waals surface area contributed by atoms with E-state index in [2.05, 4.69) is 11.7 Å². The molecule has 3 nitrogen and oxygen atoms in total. The molecule has 0 atom stereocenters. The maximum absolute atomic E-state index is 10.7. The lowest BCUT2D eigenvalue weighted by Gasteiger charge is -2.00. The topological polar surface area (TPSA) is 43.4 Å². The molecule has 0 spiro atoms. The summed E-state index contributed by atoms with van der Waals surface area (Å²) in [5.74, 6) is -0.240. The minimum atomic E-state index is -0.353. The fourth-order valence-corrected chi connectivity index (χ4v) is 0.528. The zero-order valence-corrected chi connectivity index (χ0v) is 6.76. The van der Waals surface area contributed by atoms with Crippen molar-refractivity contribution in [2.75, 3.05) is 6.61 Å². The molecule has 0 N–H and O–H groups in total. The lowest BCUT2D eigenvalue weighted by molar-refractivity contribution is -0.143. The van der Waals surface area contributed by atoms with Crippen LogP contribution in [-0.4, -0.2) is 18.4 Å². The Kier molecular flexibility index (Phi) is 5.43. The van der Waals surface area contributed by atoms with Crippen molar-refractivity contribution in [3.05, 3.63) is 6.92 Å². The van der Waals surface area contributed by atoms with Crippen LogP contribution in [-0.2, 0) is 14.3 Å². The van der Waals surface area contributed by atoms with Crippen LogP contribution in [0.5, 0.6) is 0 Å². The van der Waals surface area contributed by atoms with E-state index in [0.29, 0.717) is 12.8 Å². The number of esters is 1. The molecule has 0 aromatic heterocycles. The molecule has 0 saturated heterocycles. The number of ketones is 1. The molecule has 0 fully saturated rings. The molecule has 0 aliphatic rings. The van der Waals surface area contributed by atoms with E-state index in [9.17, 15) is 9.59 Å². The molecule has 0 rings (SSSR count). The van der Waals surface area contributed by atoms with E-state index in [1.165, 1.54) is 0 Å². The van der Waals surface area contributed by atoms with Gasteiger partial charge in [-0.3, -0.25) is 9.59 Å². The van der Waals surface area contributed by atoms with Crippen molar-refractivity contribution in [1.82, 2.24) is 0 Å². The van der Waals surface area contributed by atoms with Gasteiger partial charge >= 0.3 is 5.97 Å². The molecule has 0 aromatic rings. The standard InChI is InChI=1S/C8H13O3/c1-3-7(9)5-6-11-8(10)4-2/h2-6H2,1H3. The summed E-state index contributed by atoms with van der Waals surface area (Å²) in [5, 5.41) is 0. The van der Waals surface area contributed by atoms with Gasteiger partial charge in [-0.2, -0.15) is 0 Å². The Hall–Kier alpha value is -0.860. The Bertz CT molecular complexity index is 124. The summed E-state index contributed by atoms with van der Waals surface area (Å²) >= 11 is 0. The summed E-state index contributed by atoms with van der Waals surface area (Å²) in [6, 6.07) is 0. The van der Waals surface area contributed by atoms with E-state index in [1.807, 2.05) is 0 Å². The Labute approximate surface area is 66.7 Å². The molecule has 1 radical (unpaired) electrons. The van der Waals surface area contributed by atoms with Gasteiger partial charge in [0.25, 0.3) is 0 Å². The molecule has 63 valence electrons. The van der Waals surface area contributed by atoms with Crippen LogP contribution in [0.2, 0.25) is 0 Å². The van der Waals surface area contributed by atoms with E-state index in [1.54, 1.807) is 6.92 Å². The fourth-order valence-electron chi connectivity index (χ4n) is 0.528. The smallest absolute Gasteiger partial charge is 0.305 e. The van der Waals surface area contributed by atoms with Gasteiger partial charge in [-0.1, -0.05) is 6.92 Å². The van der Waals surface area contributed by atoms with Crippen LogP contribution in [0.4, 0.5) is 0 Å². The number of hydrogen-bond acceptors (Lipinski definition) is 3. The molecule has 3 heteroatoms. The molecule has 11 heavy (non-hydrogen) atoms. The summed E-state index contributed by atoms with van der Waals surface area (Å²) in [5.41, 5.74) is 0. The van der Waals surface area contributed by atoms with Crippen LogP contribution in [0, 0.1) is 6.92 Å². The van der Waals surface area contributed by atoms with Gasteiger partial charge in [0.1, 0.15) is 5.78 Å². The summed E-state index contributed by atoms with van der Waals surface area (Å²) in [7, 11) is 0. The van der Waals surface area contributed by atoms with Gasteiger partial charge in [-0.15, -0.1) is 0 Å². The van der Waals surface area contributed by atoms with Crippen LogP contribution < -0.4 is 0 Å². The normalized spacial score (nSPS) is 9.27. The summed E-state index contributed by atoms with van der Waals surface area (Å²) < 4.78 is 4.64. The third-order valence-corrected chi connectivity index (χ3v) is 1.24. The summed E-state index contributed by atoms with van der Waals surface area (Å²) in [6.45, 7) is 5.32. The lowest BCUT2D eigenvalue weighted by Crippen LogP contribution is -2.07. The average Bonchev–Trinajstić information content (AvgIpc) is 2.04. The number of Topliss-reactive ketones (excluding diaryl/α,β-unsaturated/α-hetero) is 1. The van der Waals surface area contributed by atoms with Gasteiger partial charge in [0.05, 0.1) is 6.61 Å². The molecule has 0 aliphatic heterocycles. The molecule has 0 bridgehead atoms. The Morgan fingerprint density at radius 2 is 2.09 bits per heavy atom. The van der Waals surface area contributed by atoms with Crippen molar-refractivity contribution >= 4 is 11.8 Å². The van der Waals surface area contributed by atoms with Gasteiger partial charge in [0.2, 0.25) is 0 Å². The predicted molar refractivity (Wildman–Crippen MR) is 40.8 cm³/mol. The zero-order valence-electron chi connectivity index (χ0n) is 6.76. The minimum absolute atomic E-state index is 0.113. The molecule has 0 saturated carbocycles. The molecule has 0 unspecified atom stereocenters. The lowest BCUT2D eigenvalue weighted by atomic mass is 10.2. The first kappa shape index (κ1) is 10.1. The largest absolute Gasteiger partial charge is 0.465 e. The third-order valence-electron chi connectivity index (χ3n) is 1.24. The quantitative estimate of drug-likeness (QED) is 0.562. The second kappa shape index (κ2) is 5.89. The number of carbonyl (C=O) groups is 2. The fraction of sp³-hybridized carbons (Fsp3) is 0.625. The van der Waals surface area contributed by atoms with Crippen LogP contribution in [0.15, 0.2) is 0 Å². The first-order chi connectivity index (χ1) is 5.20. The number of ether oxygens (including phenoxy) is 1. The monoisotopic (exact) mass is 157 g/mol. The van der Waals surface area contributed by atoms with Gasteiger partial charge in [-0.05, 0) is 6.92 Å². The SMILES string of the molecule is [CH2]CC(=O)OCCC(=O)CC. The molecule has 0 heterocycles. The Morgan fingerprint density at radius 3 is 2.55 bits per heavy atom. The van der Waals surface area contributed by atoms with Crippen LogP contribution in [0.1, 0.15) is 26.2 Å². The van der Waals surface area contributed by atoms with Crippen molar-refractivity contribution in [3.8, 4) is 0 Å².